The molecule has 0 radical (unpaired) electrons. The van der Waals surface area contributed by atoms with Crippen LogP contribution in [-0.4, -0.2) is 40.5 Å². The van der Waals surface area contributed by atoms with Gasteiger partial charge in [-0.2, -0.15) is 0 Å². The molecule has 1 N–H and O–H groups in total. The maximum Gasteiger partial charge on any atom is 0.270 e. The summed E-state index contributed by atoms with van der Waals surface area (Å²) in [4.78, 5) is 14.8. The summed E-state index contributed by atoms with van der Waals surface area (Å²) in [6, 6.07) is 2.57. The van der Waals surface area contributed by atoms with Gasteiger partial charge in [0.25, 0.3) is 5.91 Å². The van der Waals surface area contributed by atoms with E-state index < -0.39 is 0 Å². The highest BCUT2D eigenvalue weighted by molar-refractivity contribution is 9.10. The van der Waals surface area contributed by atoms with Gasteiger partial charge in [0, 0.05) is 35.8 Å². The standard InChI is InChI=1S/C15H24BrN3O/c1-4-18-9-12(16)8-14(18)15(20)19(11(2)3)10-13-6-5-7-17-13/h8-9,11,13,17H,4-7,10H2,1-3H3. The number of aromatic nitrogens is 1. The van der Waals surface area contributed by atoms with Crippen LogP contribution in [0.5, 0.6) is 0 Å². The van der Waals surface area contributed by atoms with Gasteiger partial charge in [-0.1, -0.05) is 0 Å². The third-order valence-corrected chi connectivity index (χ3v) is 4.32. The first-order valence-electron chi connectivity index (χ1n) is 7.43. The van der Waals surface area contributed by atoms with Gasteiger partial charge in [-0.05, 0) is 62.2 Å². The van der Waals surface area contributed by atoms with Crippen molar-refractivity contribution in [3.8, 4) is 0 Å². The van der Waals surface area contributed by atoms with E-state index in [9.17, 15) is 4.79 Å². The molecule has 0 spiro atoms. The Morgan fingerprint density at radius 1 is 1.60 bits per heavy atom. The van der Waals surface area contributed by atoms with Crippen LogP contribution in [0, 0.1) is 0 Å². The predicted molar refractivity (Wildman–Crippen MR) is 85.0 cm³/mol. The highest BCUT2D eigenvalue weighted by Gasteiger charge is 2.26. The molecule has 1 unspecified atom stereocenters. The van der Waals surface area contributed by atoms with Crippen LogP contribution in [0.1, 0.15) is 44.1 Å². The predicted octanol–water partition coefficient (Wildman–Crippen LogP) is 2.87. The fraction of sp³-hybridized carbons (Fsp3) is 0.667. The Kier molecular flexibility index (Phi) is 5.27. The van der Waals surface area contributed by atoms with Gasteiger partial charge in [0.15, 0.2) is 0 Å². The second-order valence-electron chi connectivity index (χ2n) is 5.67. The molecule has 5 heteroatoms. The lowest BCUT2D eigenvalue weighted by atomic mass is 10.1. The summed E-state index contributed by atoms with van der Waals surface area (Å²) in [7, 11) is 0. The van der Waals surface area contributed by atoms with E-state index in [4.69, 9.17) is 0 Å². The highest BCUT2D eigenvalue weighted by Crippen LogP contribution is 2.19. The molecule has 1 aromatic heterocycles. The quantitative estimate of drug-likeness (QED) is 0.893. The summed E-state index contributed by atoms with van der Waals surface area (Å²) >= 11 is 3.46. The first kappa shape index (κ1) is 15.6. The van der Waals surface area contributed by atoms with Crippen molar-refractivity contribution in [1.29, 1.82) is 0 Å². The number of halogens is 1. The molecule has 4 nitrogen and oxygen atoms in total. The molecule has 0 saturated carbocycles. The molecule has 0 aromatic carbocycles. The Morgan fingerprint density at radius 3 is 2.90 bits per heavy atom. The Morgan fingerprint density at radius 2 is 2.35 bits per heavy atom. The van der Waals surface area contributed by atoms with E-state index in [1.165, 1.54) is 6.42 Å². The first-order valence-corrected chi connectivity index (χ1v) is 8.22. The van der Waals surface area contributed by atoms with Crippen LogP contribution in [0.2, 0.25) is 0 Å². The molecule has 0 bridgehead atoms. The van der Waals surface area contributed by atoms with Crippen LogP contribution < -0.4 is 5.32 Å². The van der Waals surface area contributed by atoms with Crippen LogP contribution in [-0.2, 0) is 6.54 Å². The van der Waals surface area contributed by atoms with Crippen molar-refractivity contribution in [2.75, 3.05) is 13.1 Å². The van der Waals surface area contributed by atoms with Gasteiger partial charge in [0.2, 0.25) is 0 Å². The third kappa shape index (κ3) is 3.44. The monoisotopic (exact) mass is 341 g/mol. The Labute approximate surface area is 129 Å². The Balaban J connectivity index is 2.17. The molecule has 20 heavy (non-hydrogen) atoms. The van der Waals surface area contributed by atoms with E-state index in [-0.39, 0.29) is 11.9 Å². The molecule has 1 saturated heterocycles. The topological polar surface area (TPSA) is 37.3 Å². The van der Waals surface area contributed by atoms with E-state index in [0.717, 1.165) is 36.2 Å². The molecule has 0 aliphatic carbocycles. The molecule has 1 amide bonds. The second kappa shape index (κ2) is 6.76. The normalized spacial score (nSPS) is 18.8. The molecule has 1 fully saturated rings. The first-order chi connectivity index (χ1) is 9.52. The van der Waals surface area contributed by atoms with Crippen molar-refractivity contribution in [3.63, 3.8) is 0 Å². The minimum absolute atomic E-state index is 0.126. The van der Waals surface area contributed by atoms with Gasteiger partial charge in [0.05, 0.1) is 0 Å². The number of aryl methyl sites for hydroxylation is 1. The van der Waals surface area contributed by atoms with Crippen molar-refractivity contribution in [1.82, 2.24) is 14.8 Å². The summed E-state index contributed by atoms with van der Waals surface area (Å²) < 4.78 is 2.97. The fourth-order valence-electron chi connectivity index (χ4n) is 2.74. The molecule has 112 valence electrons. The molecule has 1 aliphatic heterocycles. The summed E-state index contributed by atoms with van der Waals surface area (Å²) in [5.74, 6) is 0.126. The average Bonchev–Trinajstić information content (AvgIpc) is 3.03. The van der Waals surface area contributed by atoms with E-state index in [0.29, 0.717) is 6.04 Å². The van der Waals surface area contributed by atoms with Gasteiger partial charge in [0.1, 0.15) is 5.69 Å². The maximum atomic E-state index is 12.8. The SMILES string of the molecule is CCn1cc(Br)cc1C(=O)N(CC1CCCN1)C(C)C. The van der Waals surface area contributed by atoms with Gasteiger partial charge in [-0.15, -0.1) is 0 Å². The van der Waals surface area contributed by atoms with Crippen molar-refractivity contribution < 1.29 is 4.79 Å². The molecular weight excluding hydrogens is 318 g/mol. The van der Waals surface area contributed by atoms with Crippen LogP contribution in [0.3, 0.4) is 0 Å². The van der Waals surface area contributed by atoms with Crippen molar-refractivity contribution in [2.45, 2.75) is 52.2 Å². The minimum Gasteiger partial charge on any atom is -0.343 e. The van der Waals surface area contributed by atoms with Gasteiger partial charge in [-0.25, -0.2) is 0 Å². The lowest BCUT2D eigenvalue weighted by Crippen LogP contribution is -2.45. The molecule has 1 aromatic rings. The zero-order valence-corrected chi connectivity index (χ0v) is 14.1. The summed E-state index contributed by atoms with van der Waals surface area (Å²) in [5, 5.41) is 3.47. The van der Waals surface area contributed by atoms with Crippen LogP contribution in [0.4, 0.5) is 0 Å². The number of hydrogen-bond donors (Lipinski definition) is 1. The zero-order valence-electron chi connectivity index (χ0n) is 12.5. The van der Waals surface area contributed by atoms with E-state index in [1.54, 1.807) is 0 Å². The molecule has 1 atom stereocenters. The molecular formula is C15H24BrN3O. The van der Waals surface area contributed by atoms with Crippen molar-refractivity contribution >= 4 is 21.8 Å². The summed E-state index contributed by atoms with van der Waals surface area (Å²) in [6.45, 7) is 8.90. The number of rotatable bonds is 5. The van der Waals surface area contributed by atoms with Crippen LogP contribution in [0.25, 0.3) is 0 Å². The van der Waals surface area contributed by atoms with Gasteiger partial charge in [-0.3, -0.25) is 4.79 Å². The zero-order chi connectivity index (χ0) is 14.7. The Bertz CT molecular complexity index is 464. The molecule has 1 aliphatic rings. The largest absolute Gasteiger partial charge is 0.343 e. The molecule has 2 rings (SSSR count). The number of carbonyl (C=O) groups is 1. The number of nitrogens with zero attached hydrogens (tertiary/aromatic N) is 2. The van der Waals surface area contributed by atoms with Gasteiger partial charge >= 0.3 is 0 Å². The van der Waals surface area contributed by atoms with Crippen molar-refractivity contribution in [2.24, 2.45) is 0 Å². The van der Waals surface area contributed by atoms with Crippen LogP contribution in [0.15, 0.2) is 16.7 Å². The third-order valence-electron chi connectivity index (χ3n) is 3.89. The summed E-state index contributed by atoms with van der Waals surface area (Å²) in [6.07, 6.45) is 4.34. The van der Waals surface area contributed by atoms with Crippen LogP contribution >= 0.6 is 15.9 Å². The van der Waals surface area contributed by atoms with Crippen molar-refractivity contribution in [3.05, 3.63) is 22.4 Å². The van der Waals surface area contributed by atoms with E-state index >= 15 is 0 Å². The van der Waals surface area contributed by atoms with E-state index in [1.807, 2.05) is 21.7 Å². The van der Waals surface area contributed by atoms with Gasteiger partial charge < -0.3 is 14.8 Å². The number of nitrogens with one attached hydrogen (secondary N) is 1. The number of carbonyl (C=O) groups excluding carboxylic acids is 1. The summed E-state index contributed by atoms with van der Waals surface area (Å²) in [5.41, 5.74) is 0.770. The lowest BCUT2D eigenvalue weighted by Gasteiger charge is -2.29. The second-order valence-corrected chi connectivity index (χ2v) is 6.59. The number of amides is 1. The minimum atomic E-state index is 0.126. The average molecular weight is 342 g/mol. The lowest BCUT2D eigenvalue weighted by molar-refractivity contribution is 0.0678. The highest BCUT2D eigenvalue weighted by atomic mass is 79.9. The number of hydrogen-bond acceptors (Lipinski definition) is 2. The maximum absolute atomic E-state index is 12.8. The fourth-order valence-corrected chi connectivity index (χ4v) is 3.20. The smallest absolute Gasteiger partial charge is 0.270 e. The Hall–Kier alpha value is -0.810. The van der Waals surface area contributed by atoms with E-state index in [2.05, 4.69) is 42.0 Å². The molecule has 2 heterocycles.